The molecule has 2 aromatic heterocycles. The molecule has 0 unspecified atom stereocenters. The van der Waals surface area contributed by atoms with Gasteiger partial charge in [-0.1, -0.05) is 13.0 Å². The second kappa shape index (κ2) is 5.55. The van der Waals surface area contributed by atoms with Crippen molar-refractivity contribution in [3.8, 4) is 10.7 Å². The average molecular weight is 306 g/mol. The summed E-state index contributed by atoms with van der Waals surface area (Å²) >= 11 is 1.55. The van der Waals surface area contributed by atoms with Crippen molar-refractivity contribution in [2.24, 2.45) is 11.3 Å². The van der Waals surface area contributed by atoms with Gasteiger partial charge in [-0.05, 0) is 53.5 Å². The third-order valence-electron chi connectivity index (χ3n) is 4.41. The summed E-state index contributed by atoms with van der Waals surface area (Å²) in [7, 11) is 0. The summed E-state index contributed by atoms with van der Waals surface area (Å²) in [4.78, 5) is 12.8. The Morgan fingerprint density at radius 3 is 2.90 bits per heavy atom. The molecule has 0 spiro atoms. The first-order chi connectivity index (χ1) is 10.1. The highest BCUT2D eigenvalue weighted by Gasteiger charge is 2.42. The van der Waals surface area contributed by atoms with Gasteiger partial charge in [0.25, 0.3) is 0 Å². The molecule has 3 rings (SSSR count). The summed E-state index contributed by atoms with van der Waals surface area (Å²) in [5, 5.41) is 23.5. The van der Waals surface area contributed by atoms with Gasteiger partial charge in [-0.15, -0.1) is 16.4 Å². The molecule has 0 aromatic carbocycles. The molecular formula is C14H18N4O2S. The number of rotatable bonds is 4. The van der Waals surface area contributed by atoms with E-state index >= 15 is 0 Å². The monoisotopic (exact) mass is 306 g/mol. The van der Waals surface area contributed by atoms with Crippen molar-refractivity contribution in [1.29, 1.82) is 0 Å². The highest BCUT2D eigenvalue weighted by atomic mass is 32.1. The highest BCUT2D eigenvalue weighted by Crippen LogP contribution is 2.41. The maximum absolute atomic E-state index is 11.8. The summed E-state index contributed by atoms with van der Waals surface area (Å²) < 4.78 is 1.65. The number of tetrazole rings is 1. The molecule has 1 saturated carbocycles. The van der Waals surface area contributed by atoms with Gasteiger partial charge in [0.05, 0.1) is 16.8 Å². The first-order valence-corrected chi connectivity index (χ1v) is 8.02. The normalized spacial score (nSPS) is 25.9. The van der Waals surface area contributed by atoms with Gasteiger partial charge in [-0.25, -0.2) is 4.68 Å². The average Bonchev–Trinajstić information content (AvgIpc) is 3.12. The summed E-state index contributed by atoms with van der Waals surface area (Å²) in [6, 6.07) is 3.89. The van der Waals surface area contributed by atoms with Crippen LogP contribution >= 0.6 is 11.3 Å². The summed E-state index contributed by atoms with van der Waals surface area (Å²) in [6.07, 6.45) is 3.27. The molecule has 0 amide bonds. The molecule has 0 saturated heterocycles. The molecule has 0 radical (unpaired) electrons. The molecule has 1 aliphatic rings. The van der Waals surface area contributed by atoms with Crippen molar-refractivity contribution in [1.82, 2.24) is 20.2 Å². The van der Waals surface area contributed by atoms with Crippen LogP contribution in [0.15, 0.2) is 17.5 Å². The molecule has 1 N–H and O–H groups in total. The van der Waals surface area contributed by atoms with Crippen LogP contribution in [0.25, 0.3) is 10.7 Å². The van der Waals surface area contributed by atoms with Gasteiger partial charge < -0.3 is 5.11 Å². The molecule has 2 aromatic rings. The Morgan fingerprint density at radius 2 is 2.29 bits per heavy atom. The number of carbonyl (C=O) groups is 1. The number of thiophene rings is 1. The van der Waals surface area contributed by atoms with Gasteiger partial charge in [0, 0.05) is 0 Å². The van der Waals surface area contributed by atoms with Crippen LogP contribution in [0.1, 0.15) is 32.6 Å². The van der Waals surface area contributed by atoms with Crippen LogP contribution in [0.2, 0.25) is 0 Å². The largest absolute Gasteiger partial charge is 0.481 e. The van der Waals surface area contributed by atoms with Crippen LogP contribution in [-0.2, 0) is 11.3 Å². The standard InChI is InChI=1S/C14H18N4O2S/c1-10-4-6-14(7-5-10,13(19)20)9-18-12(15-16-17-18)11-3-2-8-21-11/h2-3,8,10H,4-7,9H2,1H3,(H,19,20). The zero-order valence-electron chi connectivity index (χ0n) is 11.9. The molecule has 0 bridgehead atoms. The molecule has 0 aliphatic heterocycles. The van der Waals surface area contributed by atoms with E-state index in [2.05, 4.69) is 22.4 Å². The number of hydrogen-bond acceptors (Lipinski definition) is 5. The predicted octanol–water partition coefficient (Wildman–Crippen LogP) is 2.68. The van der Waals surface area contributed by atoms with Crippen LogP contribution in [0.5, 0.6) is 0 Å². The number of aliphatic carboxylic acids is 1. The third kappa shape index (κ3) is 2.70. The van der Waals surface area contributed by atoms with E-state index in [1.807, 2.05) is 17.5 Å². The van der Waals surface area contributed by atoms with E-state index in [4.69, 9.17) is 0 Å². The van der Waals surface area contributed by atoms with Crippen molar-refractivity contribution in [3.05, 3.63) is 17.5 Å². The van der Waals surface area contributed by atoms with Crippen molar-refractivity contribution in [3.63, 3.8) is 0 Å². The Labute approximate surface area is 126 Å². The van der Waals surface area contributed by atoms with Crippen LogP contribution in [0.3, 0.4) is 0 Å². The molecule has 1 fully saturated rings. The second-order valence-electron chi connectivity index (χ2n) is 5.91. The fourth-order valence-electron chi connectivity index (χ4n) is 2.93. The topological polar surface area (TPSA) is 80.9 Å². The Bertz CT molecular complexity index is 615. The zero-order valence-corrected chi connectivity index (χ0v) is 12.7. The summed E-state index contributed by atoms with van der Waals surface area (Å²) in [6.45, 7) is 2.52. The van der Waals surface area contributed by atoms with Crippen molar-refractivity contribution >= 4 is 17.3 Å². The molecule has 1 aliphatic carbocycles. The van der Waals surface area contributed by atoms with Crippen LogP contribution in [0.4, 0.5) is 0 Å². The fourth-order valence-corrected chi connectivity index (χ4v) is 3.65. The minimum Gasteiger partial charge on any atom is -0.481 e. The minimum absolute atomic E-state index is 0.343. The number of aromatic nitrogens is 4. The Balaban J connectivity index is 1.88. The van der Waals surface area contributed by atoms with E-state index < -0.39 is 11.4 Å². The smallest absolute Gasteiger partial charge is 0.311 e. The van der Waals surface area contributed by atoms with Gasteiger partial charge in [0.15, 0.2) is 5.82 Å². The number of nitrogens with zero attached hydrogens (tertiary/aromatic N) is 4. The molecule has 6 nitrogen and oxygen atoms in total. The zero-order chi connectivity index (χ0) is 14.9. The highest BCUT2D eigenvalue weighted by molar-refractivity contribution is 7.13. The molecule has 2 heterocycles. The van der Waals surface area contributed by atoms with Crippen LogP contribution in [-0.4, -0.2) is 31.3 Å². The predicted molar refractivity (Wildman–Crippen MR) is 78.8 cm³/mol. The van der Waals surface area contributed by atoms with Gasteiger partial charge in [0.2, 0.25) is 0 Å². The van der Waals surface area contributed by atoms with Crippen LogP contribution in [0, 0.1) is 11.3 Å². The van der Waals surface area contributed by atoms with Crippen molar-refractivity contribution in [2.45, 2.75) is 39.2 Å². The molecular weight excluding hydrogens is 288 g/mol. The SMILES string of the molecule is CC1CCC(Cn2nnnc2-c2cccs2)(C(=O)O)CC1. The van der Waals surface area contributed by atoms with Gasteiger partial charge in [0.1, 0.15) is 0 Å². The van der Waals surface area contributed by atoms with Gasteiger partial charge in [-0.2, -0.15) is 0 Å². The summed E-state index contributed by atoms with van der Waals surface area (Å²) in [5.74, 6) is 0.523. The molecule has 21 heavy (non-hydrogen) atoms. The Kier molecular flexibility index (Phi) is 3.75. The molecule has 7 heteroatoms. The number of carboxylic acid groups (broad SMARTS) is 1. The van der Waals surface area contributed by atoms with E-state index in [-0.39, 0.29) is 0 Å². The second-order valence-corrected chi connectivity index (χ2v) is 6.85. The first-order valence-electron chi connectivity index (χ1n) is 7.14. The third-order valence-corrected chi connectivity index (χ3v) is 5.28. The van der Waals surface area contributed by atoms with Crippen LogP contribution < -0.4 is 0 Å². The van der Waals surface area contributed by atoms with E-state index in [0.717, 1.165) is 17.7 Å². The minimum atomic E-state index is -0.742. The lowest BCUT2D eigenvalue weighted by Gasteiger charge is -2.35. The lowest BCUT2D eigenvalue weighted by Crippen LogP contribution is -2.39. The maximum atomic E-state index is 11.8. The summed E-state index contributed by atoms with van der Waals surface area (Å²) in [5.41, 5.74) is -0.742. The Morgan fingerprint density at radius 1 is 1.52 bits per heavy atom. The van der Waals surface area contributed by atoms with Crippen molar-refractivity contribution in [2.75, 3.05) is 0 Å². The van der Waals surface area contributed by atoms with Crippen molar-refractivity contribution < 1.29 is 9.90 Å². The molecule has 0 atom stereocenters. The molecule has 112 valence electrons. The number of hydrogen-bond donors (Lipinski definition) is 1. The lowest BCUT2D eigenvalue weighted by atomic mass is 9.71. The van der Waals surface area contributed by atoms with E-state index in [1.54, 1.807) is 16.0 Å². The van der Waals surface area contributed by atoms with E-state index in [0.29, 0.717) is 31.1 Å². The van der Waals surface area contributed by atoms with E-state index in [9.17, 15) is 9.90 Å². The maximum Gasteiger partial charge on any atom is 0.311 e. The first kappa shape index (κ1) is 14.2. The Hall–Kier alpha value is -1.76. The fraction of sp³-hybridized carbons (Fsp3) is 0.571. The van der Waals surface area contributed by atoms with E-state index in [1.165, 1.54) is 0 Å². The van der Waals surface area contributed by atoms with Gasteiger partial charge in [-0.3, -0.25) is 4.79 Å². The number of carboxylic acids is 1. The quantitative estimate of drug-likeness (QED) is 0.939. The van der Waals surface area contributed by atoms with Gasteiger partial charge >= 0.3 is 5.97 Å². The lowest BCUT2D eigenvalue weighted by molar-refractivity contribution is -0.152.